The van der Waals surface area contributed by atoms with Crippen LogP contribution in [0.3, 0.4) is 0 Å². The molecule has 0 aromatic heterocycles. The van der Waals surface area contributed by atoms with Gasteiger partial charge >= 0.3 is 0 Å². The second-order valence-corrected chi connectivity index (χ2v) is 2.74. The molecular formula is C11H14N2. The Balaban J connectivity index is 2.86. The van der Waals surface area contributed by atoms with Gasteiger partial charge in [0.15, 0.2) is 0 Å². The summed E-state index contributed by atoms with van der Waals surface area (Å²) in [6.07, 6.45) is 11.1. The zero-order valence-corrected chi connectivity index (χ0v) is 7.66. The Morgan fingerprint density at radius 1 is 1.31 bits per heavy atom. The summed E-state index contributed by atoms with van der Waals surface area (Å²) in [6.45, 7) is 7.42. The zero-order valence-electron chi connectivity index (χ0n) is 7.66. The van der Waals surface area contributed by atoms with Gasteiger partial charge in [0.25, 0.3) is 0 Å². The highest BCUT2D eigenvalue weighted by atomic mass is 15.3. The molecule has 1 aliphatic rings. The minimum Gasteiger partial charge on any atom is -0.282 e. The maximum Gasteiger partial charge on any atom is 0.0472 e. The fourth-order valence-corrected chi connectivity index (χ4v) is 1.16. The molecule has 1 rings (SSSR count). The van der Waals surface area contributed by atoms with Crippen LogP contribution in [0.5, 0.6) is 0 Å². The molecule has 1 N–H and O–H groups in total. The number of allylic oxidation sites excluding steroid dienone is 5. The summed E-state index contributed by atoms with van der Waals surface area (Å²) >= 11 is 0. The van der Waals surface area contributed by atoms with Gasteiger partial charge in [0.2, 0.25) is 0 Å². The number of nitrogens with zero attached hydrogens (tertiary/aromatic N) is 1. The maximum absolute atomic E-state index is 4.00. The predicted octanol–water partition coefficient (Wildman–Crippen LogP) is 2.54. The molecule has 2 nitrogen and oxygen atoms in total. The molecule has 0 bridgehead atoms. The summed E-state index contributed by atoms with van der Waals surface area (Å²) in [5.74, 6) is 0. The van der Waals surface area contributed by atoms with Crippen LogP contribution in [0.4, 0.5) is 0 Å². The summed E-state index contributed by atoms with van der Waals surface area (Å²) in [6, 6.07) is 0. The largest absolute Gasteiger partial charge is 0.282 e. The molecule has 0 aliphatic carbocycles. The summed E-state index contributed by atoms with van der Waals surface area (Å²) in [5.41, 5.74) is 5.30. The van der Waals surface area contributed by atoms with E-state index >= 15 is 0 Å². The van der Waals surface area contributed by atoms with E-state index in [1.54, 1.807) is 6.21 Å². The van der Waals surface area contributed by atoms with E-state index in [0.717, 1.165) is 18.5 Å². The van der Waals surface area contributed by atoms with Crippen LogP contribution in [-0.2, 0) is 0 Å². The van der Waals surface area contributed by atoms with Crippen molar-refractivity contribution in [1.82, 2.24) is 5.43 Å². The summed E-state index contributed by atoms with van der Waals surface area (Å²) in [7, 11) is 0. The lowest BCUT2D eigenvalue weighted by Gasteiger charge is -2.06. The van der Waals surface area contributed by atoms with Gasteiger partial charge in [0, 0.05) is 18.3 Å². The van der Waals surface area contributed by atoms with E-state index in [-0.39, 0.29) is 0 Å². The highest BCUT2D eigenvalue weighted by Gasteiger charge is 2.01. The van der Waals surface area contributed by atoms with E-state index in [2.05, 4.69) is 23.7 Å². The molecule has 0 amide bonds. The lowest BCUT2D eigenvalue weighted by Crippen LogP contribution is -2.06. The Kier molecular flexibility index (Phi) is 3.76. The number of rotatable bonds is 4. The van der Waals surface area contributed by atoms with Crippen molar-refractivity contribution in [3.8, 4) is 0 Å². The van der Waals surface area contributed by atoms with Gasteiger partial charge in [-0.1, -0.05) is 18.2 Å². The second kappa shape index (κ2) is 5.14. The third kappa shape index (κ3) is 2.75. The van der Waals surface area contributed by atoms with E-state index in [0.29, 0.717) is 0 Å². The van der Waals surface area contributed by atoms with Gasteiger partial charge in [-0.2, -0.15) is 5.10 Å². The van der Waals surface area contributed by atoms with Gasteiger partial charge in [-0.3, -0.25) is 5.43 Å². The molecule has 13 heavy (non-hydrogen) atoms. The molecule has 0 aromatic carbocycles. The molecule has 0 radical (unpaired) electrons. The Morgan fingerprint density at radius 3 is 2.77 bits per heavy atom. The van der Waals surface area contributed by atoms with E-state index in [1.807, 2.05) is 24.3 Å². The molecule has 0 saturated carbocycles. The van der Waals surface area contributed by atoms with Crippen LogP contribution in [0.2, 0.25) is 0 Å². The van der Waals surface area contributed by atoms with Gasteiger partial charge in [-0.15, -0.1) is 13.2 Å². The normalized spacial score (nSPS) is 15.1. The highest BCUT2D eigenvalue weighted by Crippen LogP contribution is 2.14. The van der Waals surface area contributed by atoms with Crippen LogP contribution in [0.25, 0.3) is 0 Å². The molecule has 0 unspecified atom stereocenters. The third-order valence-corrected chi connectivity index (χ3v) is 1.76. The van der Waals surface area contributed by atoms with E-state index < -0.39 is 0 Å². The van der Waals surface area contributed by atoms with Crippen LogP contribution in [0, 0.1) is 0 Å². The Labute approximate surface area is 79.0 Å². The van der Waals surface area contributed by atoms with Gasteiger partial charge in [-0.25, -0.2) is 0 Å². The van der Waals surface area contributed by atoms with E-state index in [9.17, 15) is 0 Å². The first-order valence-corrected chi connectivity index (χ1v) is 4.28. The minimum absolute atomic E-state index is 0.810. The Hall–Kier alpha value is -1.57. The lowest BCUT2D eigenvalue weighted by molar-refractivity contribution is 0.843. The molecule has 1 aliphatic heterocycles. The minimum atomic E-state index is 0.810. The zero-order chi connectivity index (χ0) is 9.52. The van der Waals surface area contributed by atoms with Crippen molar-refractivity contribution >= 4 is 6.21 Å². The Morgan fingerprint density at radius 2 is 2.08 bits per heavy atom. The standard InChI is InChI=1S/C11H14N2/c1-3-6-10-8-5-9-12-13-11(10)7-4-2/h3-5,8-9,13H,1-2,6-7H2. The maximum atomic E-state index is 4.00. The SMILES string of the molecule is C=CCC1=C(CC=C)NN=CC=C1. The van der Waals surface area contributed by atoms with Crippen molar-refractivity contribution in [3.05, 3.63) is 48.7 Å². The first-order chi connectivity index (χ1) is 6.38. The van der Waals surface area contributed by atoms with Crippen molar-refractivity contribution in [1.29, 1.82) is 0 Å². The topological polar surface area (TPSA) is 24.4 Å². The smallest absolute Gasteiger partial charge is 0.0472 e. The van der Waals surface area contributed by atoms with Crippen molar-refractivity contribution < 1.29 is 0 Å². The highest BCUT2D eigenvalue weighted by molar-refractivity contribution is 5.72. The Bertz CT molecular complexity index is 282. The summed E-state index contributed by atoms with van der Waals surface area (Å²) in [5, 5.41) is 4.00. The second-order valence-electron chi connectivity index (χ2n) is 2.74. The van der Waals surface area contributed by atoms with E-state index in [4.69, 9.17) is 0 Å². The molecule has 0 fully saturated rings. The van der Waals surface area contributed by atoms with Gasteiger partial charge in [-0.05, 0) is 18.1 Å². The number of hydrogen-bond acceptors (Lipinski definition) is 2. The lowest BCUT2D eigenvalue weighted by atomic mass is 10.1. The molecule has 0 atom stereocenters. The number of hydrazone groups is 1. The van der Waals surface area contributed by atoms with Gasteiger partial charge in [0.1, 0.15) is 0 Å². The molecule has 2 heteroatoms. The quantitative estimate of drug-likeness (QED) is 0.651. The molecule has 0 aromatic rings. The number of hydrogen-bond donors (Lipinski definition) is 1. The predicted molar refractivity (Wildman–Crippen MR) is 57.4 cm³/mol. The van der Waals surface area contributed by atoms with Gasteiger partial charge in [0.05, 0.1) is 0 Å². The van der Waals surface area contributed by atoms with Crippen molar-refractivity contribution in [3.63, 3.8) is 0 Å². The first-order valence-electron chi connectivity index (χ1n) is 4.28. The number of nitrogens with one attached hydrogen (secondary N) is 1. The van der Waals surface area contributed by atoms with Crippen molar-refractivity contribution in [2.75, 3.05) is 0 Å². The summed E-state index contributed by atoms with van der Waals surface area (Å²) < 4.78 is 0. The monoisotopic (exact) mass is 174 g/mol. The average molecular weight is 174 g/mol. The van der Waals surface area contributed by atoms with Crippen LogP contribution in [-0.4, -0.2) is 6.21 Å². The van der Waals surface area contributed by atoms with Gasteiger partial charge < -0.3 is 0 Å². The molecule has 68 valence electrons. The summed E-state index contributed by atoms with van der Waals surface area (Å²) in [4.78, 5) is 0. The van der Waals surface area contributed by atoms with Crippen LogP contribution >= 0.6 is 0 Å². The molecular weight excluding hydrogens is 160 g/mol. The van der Waals surface area contributed by atoms with E-state index in [1.165, 1.54) is 5.57 Å². The third-order valence-electron chi connectivity index (χ3n) is 1.76. The first kappa shape index (κ1) is 9.52. The van der Waals surface area contributed by atoms with Crippen LogP contribution in [0.15, 0.2) is 53.8 Å². The molecule has 0 spiro atoms. The molecule has 0 saturated heterocycles. The van der Waals surface area contributed by atoms with Crippen molar-refractivity contribution in [2.24, 2.45) is 5.10 Å². The van der Waals surface area contributed by atoms with Crippen LogP contribution < -0.4 is 5.43 Å². The fourth-order valence-electron chi connectivity index (χ4n) is 1.16. The van der Waals surface area contributed by atoms with Crippen LogP contribution in [0.1, 0.15) is 12.8 Å². The fraction of sp³-hybridized carbons (Fsp3) is 0.182. The average Bonchev–Trinajstić information content (AvgIpc) is 2.33. The van der Waals surface area contributed by atoms with Crippen molar-refractivity contribution in [2.45, 2.75) is 12.8 Å². The molecule has 1 heterocycles.